The molecular formula is C16H14N2O2S. The smallest absolute Gasteiger partial charge is 0.260 e. The first-order valence-electron chi connectivity index (χ1n) is 6.50. The standard InChI is InChI=1S/C16H14N2O2S/c1-10-3-4-11(2)13(7-10)14-9-21-16(17-14)18-15(19)12-5-6-20-8-12/h3-9H,1-2H3,(H,17,18,19). The molecule has 2 heterocycles. The predicted molar refractivity (Wildman–Crippen MR) is 83.7 cm³/mol. The van der Waals surface area contributed by atoms with Crippen molar-refractivity contribution in [2.75, 3.05) is 5.32 Å². The molecule has 0 bridgehead atoms. The number of benzene rings is 1. The highest BCUT2D eigenvalue weighted by atomic mass is 32.1. The number of anilines is 1. The first-order chi connectivity index (χ1) is 10.1. The molecule has 0 spiro atoms. The molecule has 0 aliphatic heterocycles. The van der Waals surface area contributed by atoms with Crippen molar-refractivity contribution < 1.29 is 9.21 Å². The summed E-state index contributed by atoms with van der Waals surface area (Å²) in [7, 11) is 0. The first-order valence-corrected chi connectivity index (χ1v) is 7.38. The van der Waals surface area contributed by atoms with E-state index in [9.17, 15) is 4.79 Å². The maximum Gasteiger partial charge on any atom is 0.260 e. The average molecular weight is 298 g/mol. The number of carbonyl (C=O) groups excluding carboxylic acids is 1. The number of aryl methyl sites for hydroxylation is 2. The van der Waals surface area contributed by atoms with Crippen molar-refractivity contribution in [1.82, 2.24) is 4.98 Å². The summed E-state index contributed by atoms with van der Waals surface area (Å²) in [5.41, 5.74) is 4.81. The van der Waals surface area contributed by atoms with Crippen LogP contribution in [0.5, 0.6) is 0 Å². The van der Waals surface area contributed by atoms with E-state index in [1.807, 2.05) is 5.38 Å². The quantitative estimate of drug-likeness (QED) is 0.785. The number of rotatable bonds is 3. The van der Waals surface area contributed by atoms with Crippen molar-refractivity contribution in [3.05, 3.63) is 58.9 Å². The summed E-state index contributed by atoms with van der Waals surface area (Å²) >= 11 is 1.41. The fourth-order valence-corrected chi connectivity index (χ4v) is 2.74. The van der Waals surface area contributed by atoms with Gasteiger partial charge in [-0.3, -0.25) is 10.1 Å². The van der Waals surface area contributed by atoms with Crippen LogP contribution in [0.1, 0.15) is 21.5 Å². The molecule has 4 nitrogen and oxygen atoms in total. The molecule has 106 valence electrons. The van der Waals surface area contributed by atoms with E-state index in [1.165, 1.54) is 35.0 Å². The zero-order chi connectivity index (χ0) is 14.8. The van der Waals surface area contributed by atoms with E-state index in [0.717, 1.165) is 11.3 Å². The first kappa shape index (κ1) is 13.6. The highest BCUT2D eigenvalue weighted by Gasteiger charge is 2.12. The van der Waals surface area contributed by atoms with Gasteiger partial charge in [-0.15, -0.1) is 11.3 Å². The molecule has 21 heavy (non-hydrogen) atoms. The second-order valence-electron chi connectivity index (χ2n) is 4.82. The Morgan fingerprint density at radius 3 is 2.90 bits per heavy atom. The molecule has 0 fully saturated rings. The van der Waals surface area contributed by atoms with Gasteiger partial charge in [0.05, 0.1) is 17.5 Å². The van der Waals surface area contributed by atoms with E-state index in [2.05, 4.69) is 42.3 Å². The molecule has 0 atom stereocenters. The summed E-state index contributed by atoms with van der Waals surface area (Å²) in [4.78, 5) is 16.4. The van der Waals surface area contributed by atoms with E-state index in [0.29, 0.717) is 10.7 Å². The van der Waals surface area contributed by atoms with Crippen LogP contribution in [0, 0.1) is 13.8 Å². The van der Waals surface area contributed by atoms with E-state index in [-0.39, 0.29) is 5.91 Å². The zero-order valence-corrected chi connectivity index (χ0v) is 12.5. The molecule has 0 radical (unpaired) electrons. The minimum atomic E-state index is -0.217. The lowest BCUT2D eigenvalue weighted by Gasteiger charge is -2.03. The Kier molecular flexibility index (Phi) is 3.58. The fourth-order valence-electron chi connectivity index (χ4n) is 2.03. The van der Waals surface area contributed by atoms with Crippen LogP contribution in [0.2, 0.25) is 0 Å². The third kappa shape index (κ3) is 2.87. The van der Waals surface area contributed by atoms with Gasteiger partial charge in [0.2, 0.25) is 0 Å². The van der Waals surface area contributed by atoms with Gasteiger partial charge in [-0.1, -0.05) is 17.7 Å². The number of hydrogen-bond donors (Lipinski definition) is 1. The monoisotopic (exact) mass is 298 g/mol. The molecule has 0 saturated heterocycles. The second-order valence-corrected chi connectivity index (χ2v) is 5.68. The Labute approximate surface area is 126 Å². The van der Waals surface area contributed by atoms with Crippen LogP contribution in [-0.2, 0) is 0 Å². The third-order valence-corrected chi connectivity index (χ3v) is 3.93. The highest BCUT2D eigenvalue weighted by molar-refractivity contribution is 7.14. The number of carbonyl (C=O) groups is 1. The normalized spacial score (nSPS) is 10.6. The summed E-state index contributed by atoms with van der Waals surface area (Å²) in [6, 6.07) is 7.88. The minimum Gasteiger partial charge on any atom is -0.472 e. The molecule has 0 aliphatic carbocycles. The number of hydrogen-bond acceptors (Lipinski definition) is 4. The molecular weight excluding hydrogens is 284 g/mol. The van der Waals surface area contributed by atoms with Crippen LogP contribution >= 0.6 is 11.3 Å². The van der Waals surface area contributed by atoms with Gasteiger partial charge >= 0.3 is 0 Å². The topological polar surface area (TPSA) is 55.1 Å². The second kappa shape index (κ2) is 5.54. The van der Waals surface area contributed by atoms with Gasteiger partial charge in [0, 0.05) is 10.9 Å². The van der Waals surface area contributed by atoms with Gasteiger partial charge in [-0.25, -0.2) is 4.98 Å². The van der Waals surface area contributed by atoms with E-state index in [1.54, 1.807) is 6.07 Å². The van der Waals surface area contributed by atoms with Crippen LogP contribution < -0.4 is 5.32 Å². The SMILES string of the molecule is Cc1ccc(C)c(-c2csc(NC(=O)c3ccoc3)n2)c1. The molecule has 2 aromatic heterocycles. The number of amides is 1. The molecule has 1 amide bonds. The Morgan fingerprint density at radius 2 is 2.14 bits per heavy atom. The molecule has 1 aromatic carbocycles. The van der Waals surface area contributed by atoms with E-state index >= 15 is 0 Å². The number of aromatic nitrogens is 1. The predicted octanol–water partition coefficient (Wildman–Crippen LogP) is 4.27. The van der Waals surface area contributed by atoms with Gasteiger partial charge < -0.3 is 4.42 Å². The average Bonchev–Trinajstić information content (AvgIpc) is 3.12. The van der Waals surface area contributed by atoms with E-state index in [4.69, 9.17) is 4.42 Å². The van der Waals surface area contributed by atoms with Gasteiger partial charge in [-0.05, 0) is 31.5 Å². The van der Waals surface area contributed by atoms with Crippen molar-refractivity contribution in [3.63, 3.8) is 0 Å². The number of furan rings is 1. The summed E-state index contributed by atoms with van der Waals surface area (Å²) in [5, 5.41) is 5.31. The van der Waals surface area contributed by atoms with E-state index < -0.39 is 0 Å². The number of thiazole rings is 1. The van der Waals surface area contributed by atoms with Crippen LogP contribution in [0.25, 0.3) is 11.3 Å². The number of nitrogens with zero attached hydrogens (tertiary/aromatic N) is 1. The Hall–Kier alpha value is -2.40. The molecule has 5 heteroatoms. The Bertz CT molecular complexity index is 775. The molecule has 3 aromatic rings. The maximum absolute atomic E-state index is 11.9. The molecule has 0 unspecified atom stereocenters. The van der Waals surface area contributed by atoms with Crippen LogP contribution in [0.4, 0.5) is 5.13 Å². The third-order valence-electron chi connectivity index (χ3n) is 3.18. The van der Waals surface area contributed by atoms with Gasteiger partial charge in [0.15, 0.2) is 5.13 Å². The maximum atomic E-state index is 11.9. The Balaban J connectivity index is 1.83. The summed E-state index contributed by atoms with van der Waals surface area (Å²) in [6.07, 6.45) is 2.88. The van der Waals surface area contributed by atoms with Crippen molar-refractivity contribution in [2.24, 2.45) is 0 Å². The Morgan fingerprint density at radius 1 is 1.29 bits per heavy atom. The lowest BCUT2D eigenvalue weighted by molar-refractivity contribution is 0.102. The summed E-state index contributed by atoms with van der Waals surface area (Å²) in [5.74, 6) is -0.217. The largest absolute Gasteiger partial charge is 0.472 e. The van der Waals surface area contributed by atoms with Crippen molar-refractivity contribution in [1.29, 1.82) is 0 Å². The molecule has 3 rings (SSSR count). The van der Waals surface area contributed by atoms with Gasteiger partial charge in [-0.2, -0.15) is 0 Å². The molecule has 0 aliphatic rings. The van der Waals surface area contributed by atoms with Crippen molar-refractivity contribution >= 4 is 22.4 Å². The summed E-state index contributed by atoms with van der Waals surface area (Å²) < 4.78 is 4.90. The fraction of sp³-hybridized carbons (Fsp3) is 0.125. The van der Waals surface area contributed by atoms with Gasteiger partial charge in [0.25, 0.3) is 5.91 Å². The molecule has 0 saturated carbocycles. The van der Waals surface area contributed by atoms with Crippen LogP contribution in [0.3, 0.4) is 0 Å². The summed E-state index contributed by atoms with van der Waals surface area (Å²) in [6.45, 7) is 4.11. The lowest BCUT2D eigenvalue weighted by atomic mass is 10.0. The van der Waals surface area contributed by atoms with Crippen LogP contribution in [-0.4, -0.2) is 10.9 Å². The van der Waals surface area contributed by atoms with Gasteiger partial charge in [0.1, 0.15) is 6.26 Å². The highest BCUT2D eigenvalue weighted by Crippen LogP contribution is 2.28. The lowest BCUT2D eigenvalue weighted by Crippen LogP contribution is -2.10. The molecule has 1 N–H and O–H groups in total. The van der Waals surface area contributed by atoms with Crippen LogP contribution in [0.15, 0.2) is 46.6 Å². The zero-order valence-electron chi connectivity index (χ0n) is 11.7. The van der Waals surface area contributed by atoms with Crippen molar-refractivity contribution in [3.8, 4) is 11.3 Å². The minimum absolute atomic E-state index is 0.217. The number of nitrogens with one attached hydrogen (secondary N) is 1. The van der Waals surface area contributed by atoms with Crippen molar-refractivity contribution in [2.45, 2.75) is 13.8 Å².